The lowest BCUT2D eigenvalue weighted by Crippen LogP contribution is -2.48. The first kappa shape index (κ1) is 19.8. The molecule has 25 heavy (non-hydrogen) atoms. The first-order chi connectivity index (χ1) is 11.8. The van der Waals surface area contributed by atoms with Crippen LogP contribution in [-0.2, 0) is 19.1 Å². The third kappa shape index (κ3) is 4.18. The monoisotopic (exact) mass is 375 g/mol. The van der Waals surface area contributed by atoms with Crippen LogP contribution in [0.5, 0.6) is 0 Å². The Labute approximate surface area is 148 Å². The van der Waals surface area contributed by atoms with Crippen molar-refractivity contribution < 1.29 is 34.4 Å². The number of ether oxygens (including phenoxy) is 2. The second kappa shape index (κ2) is 8.23. The van der Waals surface area contributed by atoms with Crippen LogP contribution < -0.4 is 0 Å². The molecule has 0 aliphatic carbocycles. The fraction of sp³-hybridized carbons (Fsp3) is 0.714. The molecule has 2 saturated heterocycles. The predicted octanol–water partition coefficient (Wildman–Crippen LogP) is -1.32. The van der Waals surface area contributed by atoms with Crippen molar-refractivity contribution in [2.45, 2.75) is 50.1 Å². The number of thioether (sulfide) groups is 1. The molecule has 0 bridgehead atoms. The lowest BCUT2D eigenvalue weighted by molar-refractivity contribution is -0.146. The van der Waals surface area contributed by atoms with Gasteiger partial charge < -0.3 is 24.8 Å². The van der Waals surface area contributed by atoms with Crippen molar-refractivity contribution in [1.82, 2.24) is 4.90 Å². The second-order valence-electron chi connectivity index (χ2n) is 5.75. The standard InChI is InChI=1S/C14H21N3O7S/c1-6(2)15-16-14-17(12(22)8(25-14)4-9(19)23-3)13-11(21)10(20)7(5-18)24-13/h7-8,10-11,13,18,20-21H,4-5H2,1-3H3/b16-14+/t7-,8?,10-,11-,13-/m1/s1. The molecule has 0 aromatic heterocycles. The molecule has 0 aromatic carbocycles. The van der Waals surface area contributed by atoms with Gasteiger partial charge in [0.15, 0.2) is 11.4 Å². The molecule has 2 fully saturated rings. The number of carbonyl (C=O) groups is 2. The second-order valence-corrected chi connectivity index (χ2v) is 6.92. The molecule has 0 saturated carbocycles. The van der Waals surface area contributed by atoms with Gasteiger partial charge in [0, 0.05) is 5.71 Å². The van der Waals surface area contributed by atoms with E-state index in [1.807, 2.05) is 0 Å². The summed E-state index contributed by atoms with van der Waals surface area (Å²) in [5.74, 6) is -1.09. The number of methoxy groups -OCH3 is 1. The van der Waals surface area contributed by atoms with Gasteiger partial charge >= 0.3 is 5.97 Å². The average molecular weight is 375 g/mol. The molecule has 2 heterocycles. The summed E-state index contributed by atoms with van der Waals surface area (Å²) in [6.45, 7) is 2.91. The van der Waals surface area contributed by atoms with Gasteiger partial charge in [-0.05, 0) is 13.8 Å². The minimum Gasteiger partial charge on any atom is -0.469 e. The zero-order valence-corrected chi connectivity index (χ0v) is 14.8. The smallest absolute Gasteiger partial charge is 0.307 e. The molecule has 140 valence electrons. The Hall–Kier alpha value is -1.53. The van der Waals surface area contributed by atoms with Crippen LogP contribution in [0.2, 0.25) is 0 Å². The molecule has 10 nitrogen and oxygen atoms in total. The molecule has 3 N–H and O–H groups in total. The Morgan fingerprint density at radius 2 is 2.04 bits per heavy atom. The Balaban J connectivity index is 2.31. The van der Waals surface area contributed by atoms with E-state index in [0.29, 0.717) is 5.71 Å². The average Bonchev–Trinajstić information content (AvgIpc) is 3.03. The highest BCUT2D eigenvalue weighted by molar-refractivity contribution is 8.15. The van der Waals surface area contributed by atoms with Gasteiger partial charge in [-0.15, -0.1) is 5.10 Å². The quantitative estimate of drug-likeness (QED) is 0.305. The molecule has 2 aliphatic heterocycles. The van der Waals surface area contributed by atoms with Crippen molar-refractivity contribution >= 4 is 34.5 Å². The molecule has 0 radical (unpaired) electrons. The molecule has 1 unspecified atom stereocenters. The maximum absolute atomic E-state index is 12.7. The van der Waals surface area contributed by atoms with E-state index in [0.717, 1.165) is 16.7 Å². The molecule has 0 spiro atoms. The number of nitrogens with zero attached hydrogens (tertiary/aromatic N) is 3. The van der Waals surface area contributed by atoms with Crippen molar-refractivity contribution in [1.29, 1.82) is 0 Å². The SMILES string of the molecule is COC(=O)CC1S/C(=N/N=C(C)C)N([C@@H]2O[C@H](CO)[C@@H](O)[C@H]2O)C1=O. The molecule has 5 atom stereocenters. The van der Waals surface area contributed by atoms with Crippen LogP contribution in [-0.4, -0.2) is 86.5 Å². The van der Waals surface area contributed by atoms with Crippen molar-refractivity contribution in [3.8, 4) is 0 Å². The van der Waals surface area contributed by atoms with Gasteiger partial charge in [0.2, 0.25) is 5.91 Å². The zero-order chi connectivity index (χ0) is 18.7. The minimum atomic E-state index is -1.43. The third-order valence-electron chi connectivity index (χ3n) is 3.65. The van der Waals surface area contributed by atoms with Gasteiger partial charge in [0.25, 0.3) is 0 Å². The Morgan fingerprint density at radius 1 is 1.36 bits per heavy atom. The van der Waals surface area contributed by atoms with Gasteiger partial charge in [-0.1, -0.05) is 11.8 Å². The molecule has 1 amide bonds. The number of esters is 1. The summed E-state index contributed by atoms with van der Waals surface area (Å²) in [6.07, 6.45) is -5.24. The number of carbonyl (C=O) groups excluding carboxylic acids is 2. The summed E-state index contributed by atoms with van der Waals surface area (Å²) >= 11 is 0.995. The van der Waals surface area contributed by atoms with Crippen LogP contribution in [0.25, 0.3) is 0 Å². The first-order valence-electron chi connectivity index (χ1n) is 7.58. The number of hydrogen-bond donors (Lipinski definition) is 3. The van der Waals surface area contributed by atoms with Gasteiger partial charge in [-0.3, -0.25) is 14.5 Å². The van der Waals surface area contributed by atoms with Crippen LogP contribution in [0, 0.1) is 0 Å². The fourth-order valence-electron chi connectivity index (χ4n) is 2.39. The van der Waals surface area contributed by atoms with Crippen molar-refractivity contribution in [2.24, 2.45) is 10.2 Å². The van der Waals surface area contributed by atoms with Crippen LogP contribution in [0.15, 0.2) is 10.2 Å². The van der Waals surface area contributed by atoms with Crippen LogP contribution in [0.3, 0.4) is 0 Å². The molecular formula is C14H21N3O7S. The fourth-order valence-corrected chi connectivity index (χ4v) is 3.47. The summed E-state index contributed by atoms with van der Waals surface area (Å²) in [5, 5.41) is 36.5. The molecule has 2 rings (SSSR count). The molecular weight excluding hydrogens is 354 g/mol. The minimum absolute atomic E-state index is 0.134. The molecule has 0 aromatic rings. The summed E-state index contributed by atoms with van der Waals surface area (Å²) in [4.78, 5) is 25.2. The van der Waals surface area contributed by atoms with Crippen LogP contribution in [0.1, 0.15) is 20.3 Å². The Morgan fingerprint density at radius 3 is 2.56 bits per heavy atom. The normalized spacial score (nSPS) is 33.8. The largest absolute Gasteiger partial charge is 0.469 e. The number of amidine groups is 1. The molecule has 11 heteroatoms. The van der Waals surface area contributed by atoms with Gasteiger partial charge in [0.05, 0.1) is 20.1 Å². The van der Waals surface area contributed by atoms with E-state index in [1.54, 1.807) is 13.8 Å². The van der Waals surface area contributed by atoms with E-state index in [1.165, 1.54) is 7.11 Å². The van der Waals surface area contributed by atoms with Gasteiger partial charge in [0.1, 0.15) is 23.6 Å². The number of hydrogen-bond acceptors (Lipinski definition) is 10. The summed E-state index contributed by atoms with van der Waals surface area (Å²) < 4.78 is 9.99. The van der Waals surface area contributed by atoms with Gasteiger partial charge in [-0.2, -0.15) is 5.10 Å². The topological polar surface area (TPSA) is 141 Å². The Kier molecular flexibility index (Phi) is 6.52. The summed E-state index contributed by atoms with van der Waals surface area (Å²) in [7, 11) is 1.22. The van der Waals surface area contributed by atoms with E-state index in [2.05, 4.69) is 14.9 Å². The Bertz CT molecular complexity index is 593. The highest BCUT2D eigenvalue weighted by Gasteiger charge is 2.52. The number of rotatable bonds is 5. The highest BCUT2D eigenvalue weighted by atomic mass is 32.2. The number of aliphatic hydroxyl groups is 3. The van der Waals surface area contributed by atoms with E-state index < -0.39 is 48.3 Å². The summed E-state index contributed by atoms with van der Waals surface area (Å²) in [6, 6.07) is 0. The lowest BCUT2D eigenvalue weighted by atomic mass is 10.1. The maximum Gasteiger partial charge on any atom is 0.307 e. The maximum atomic E-state index is 12.7. The number of aliphatic hydroxyl groups excluding tert-OH is 3. The van der Waals surface area contributed by atoms with Gasteiger partial charge in [-0.25, -0.2) is 0 Å². The van der Waals surface area contributed by atoms with E-state index in [-0.39, 0.29) is 11.6 Å². The predicted molar refractivity (Wildman–Crippen MR) is 88.8 cm³/mol. The van der Waals surface area contributed by atoms with Crippen LogP contribution in [0.4, 0.5) is 0 Å². The number of amides is 1. The first-order valence-corrected chi connectivity index (χ1v) is 8.46. The van der Waals surface area contributed by atoms with Crippen molar-refractivity contribution in [3.63, 3.8) is 0 Å². The van der Waals surface area contributed by atoms with E-state index in [9.17, 15) is 24.9 Å². The molecule has 2 aliphatic rings. The van der Waals surface area contributed by atoms with E-state index >= 15 is 0 Å². The van der Waals surface area contributed by atoms with Crippen molar-refractivity contribution in [2.75, 3.05) is 13.7 Å². The third-order valence-corrected chi connectivity index (χ3v) is 4.80. The highest BCUT2D eigenvalue weighted by Crippen LogP contribution is 2.35. The van der Waals surface area contributed by atoms with Crippen LogP contribution >= 0.6 is 11.8 Å². The lowest BCUT2D eigenvalue weighted by Gasteiger charge is -2.25. The zero-order valence-electron chi connectivity index (χ0n) is 14.0. The summed E-state index contributed by atoms with van der Waals surface area (Å²) in [5.41, 5.74) is 0.637. The van der Waals surface area contributed by atoms with Crippen molar-refractivity contribution in [3.05, 3.63) is 0 Å². The van der Waals surface area contributed by atoms with E-state index in [4.69, 9.17) is 4.74 Å².